The smallest absolute Gasteiger partial charge is 0.255 e. The highest BCUT2D eigenvalue weighted by Gasteiger charge is 2.18. The Morgan fingerprint density at radius 2 is 1.88 bits per heavy atom. The van der Waals surface area contributed by atoms with Crippen molar-refractivity contribution in [3.8, 4) is 0 Å². The van der Waals surface area contributed by atoms with Crippen molar-refractivity contribution in [2.75, 3.05) is 25.5 Å². The molecule has 1 saturated heterocycles. The molecule has 5 nitrogen and oxygen atoms in total. The van der Waals surface area contributed by atoms with E-state index in [4.69, 9.17) is 0 Å². The van der Waals surface area contributed by atoms with E-state index >= 15 is 0 Å². The molecule has 0 aliphatic carbocycles. The maximum atomic E-state index is 12.6. The van der Waals surface area contributed by atoms with Gasteiger partial charge in [0, 0.05) is 17.1 Å². The fourth-order valence-corrected chi connectivity index (χ4v) is 3.56. The normalized spacial score (nSPS) is 15.9. The molecule has 4 rings (SSSR count). The molecule has 3 aromatic rings. The molecule has 1 aromatic heterocycles. The Morgan fingerprint density at radius 1 is 1.12 bits per heavy atom. The zero-order valence-electron chi connectivity index (χ0n) is 14.9. The van der Waals surface area contributed by atoms with Gasteiger partial charge in [0.05, 0.1) is 11.2 Å². The Balaban J connectivity index is 1.50. The van der Waals surface area contributed by atoms with Crippen LogP contribution >= 0.6 is 0 Å². The van der Waals surface area contributed by atoms with E-state index in [1.165, 1.54) is 24.7 Å². The van der Waals surface area contributed by atoms with Gasteiger partial charge in [0.25, 0.3) is 5.91 Å². The Morgan fingerprint density at radius 3 is 2.65 bits per heavy atom. The third kappa shape index (κ3) is 3.44. The number of aromatic nitrogens is 2. The molecule has 26 heavy (non-hydrogen) atoms. The second-order valence-electron chi connectivity index (χ2n) is 6.92. The molecular formula is C21H22N4O. The molecule has 1 aliphatic rings. The number of fused-ring (bicyclic) bond motifs is 1. The van der Waals surface area contributed by atoms with Gasteiger partial charge in [-0.25, -0.2) is 9.97 Å². The molecule has 0 spiro atoms. The Kier molecular flexibility index (Phi) is 4.63. The topological polar surface area (TPSA) is 58.1 Å². The van der Waals surface area contributed by atoms with Crippen LogP contribution in [0.3, 0.4) is 0 Å². The van der Waals surface area contributed by atoms with Gasteiger partial charge in [-0.15, -0.1) is 0 Å². The lowest BCUT2D eigenvalue weighted by Gasteiger charge is -2.29. The molecule has 1 fully saturated rings. The second kappa shape index (κ2) is 7.22. The number of benzene rings is 2. The van der Waals surface area contributed by atoms with Crippen LogP contribution in [0.4, 0.5) is 5.69 Å². The van der Waals surface area contributed by atoms with E-state index in [2.05, 4.69) is 39.4 Å². The van der Waals surface area contributed by atoms with Crippen molar-refractivity contribution in [3.05, 3.63) is 66.1 Å². The van der Waals surface area contributed by atoms with Crippen LogP contribution in [-0.2, 0) is 0 Å². The first-order valence-corrected chi connectivity index (χ1v) is 8.99. The minimum atomic E-state index is -0.119. The van der Waals surface area contributed by atoms with Crippen molar-refractivity contribution < 1.29 is 4.79 Å². The van der Waals surface area contributed by atoms with Crippen LogP contribution in [-0.4, -0.2) is 40.9 Å². The van der Waals surface area contributed by atoms with Crippen LogP contribution in [0.2, 0.25) is 0 Å². The fraction of sp³-hybridized carbons (Fsp3) is 0.286. The quantitative estimate of drug-likeness (QED) is 0.786. The average molecular weight is 346 g/mol. The second-order valence-corrected chi connectivity index (χ2v) is 6.92. The standard InChI is InChI=1S/C21H22N4O/c1-25-11-9-16(10-12-25)15-5-7-17(8-6-15)21(26)24-19-4-2-3-18-13-22-14-23-20(18)19/h2-8,13-14,16H,9-12H2,1H3,(H,24,26). The van der Waals surface area contributed by atoms with Crippen LogP contribution in [0, 0.1) is 0 Å². The minimum absolute atomic E-state index is 0.119. The highest BCUT2D eigenvalue weighted by atomic mass is 16.1. The number of piperidine rings is 1. The molecule has 2 heterocycles. The first-order chi connectivity index (χ1) is 12.7. The van der Waals surface area contributed by atoms with E-state index in [1.807, 2.05) is 30.3 Å². The van der Waals surface area contributed by atoms with Gasteiger partial charge < -0.3 is 10.2 Å². The van der Waals surface area contributed by atoms with Gasteiger partial charge in [-0.1, -0.05) is 24.3 Å². The van der Waals surface area contributed by atoms with E-state index < -0.39 is 0 Å². The van der Waals surface area contributed by atoms with Crippen LogP contribution in [0.25, 0.3) is 10.9 Å². The minimum Gasteiger partial charge on any atom is -0.320 e. The first kappa shape index (κ1) is 16.7. The summed E-state index contributed by atoms with van der Waals surface area (Å²) in [7, 11) is 2.17. The number of nitrogens with one attached hydrogen (secondary N) is 1. The lowest BCUT2D eigenvalue weighted by molar-refractivity contribution is 0.102. The number of likely N-dealkylation sites (tertiary alicyclic amines) is 1. The Labute approximate surface area is 153 Å². The number of carbonyl (C=O) groups is 1. The molecule has 0 unspecified atom stereocenters. The number of para-hydroxylation sites is 1. The first-order valence-electron chi connectivity index (χ1n) is 8.99. The van der Waals surface area contributed by atoms with Gasteiger partial charge in [0.2, 0.25) is 0 Å². The predicted molar refractivity (Wildman–Crippen MR) is 103 cm³/mol. The molecule has 1 amide bonds. The largest absolute Gasteiger partial charge is 0.320 e. The van der Waals surface area contributed by atoms with Crippen LogP contribution in [0.5, 0.6) is 0 Å². The molecule has 1 aliphatic heterocycles. The maximum Gasteiger partial charge on any atom is 0.255 e. The third-order valence-corrected chi connectivity index (χ3v) is 5.15. The van der Waals surface area contributed by atoms with Crippen molar-refractivity contribution in [2.45, 2.75) is 18.8 Å². The maximum absolute atomic E-state index is 12.6. The summed E-state index contributed by atoms with van der Waals surface area (Å²) in [6.45, 7) is 2.27. The van der Waals surface area contributed by atoms with Gasteiger partial charge in [0.15, 0.2) is 0 Å². The third-order valence-electron chi connectivity index (χ3n) is 5.15. The average Bonchev–Trinajstić information content (AvgIpc) is 2.69. The highest BCUT2D eigenvalue weighted by molar-refractivity contribution is 6.08. The highest BCUT2D eigenvalue weighted by Crippen LogP contribution is 2.28. The molecule has 5 heteroatoms. The monoisotopic (exact) mass is 346 g/mol. The van der Waals surface area contributed by atoms with E-state index in [0.29, 0.717) is 17.2 Å². The van der Waals surface area contributed by atoms with Crippen molar-refractivity contribution >= 4 is 22.5 Å². The zero-order valence-corrected chi connectivity index (χ0v) is 14.9. The summed E-state index contributed by atoms with van der Waals surface area (Å²) in [5.74, 6) is 0.476. The number of hydrogen-bond donors (Lipinski definition) is 1. The molecule has 0 atom stereocenters. The lowest BCUT2D eigenvalue weighted by atomic mass is 9.89. The van der Waals surface area contributed by atoms with Crippen molar-refractivity contribution in [3.63, 3.8) is 0 Å². The van der Waals surface area contributed by atoms with Crippen LogP contribution < -0.4 is 5.32 Å². The number of amides is 1. The number of rotatable bonds is 3. The zero-order chi connectivity index (χ0) is 17.9. The molecule has 2 aromatic carbocycles. The summed E-state index contributed by atoms with van der Waals surface area (Å²) in [6, 6.07) is 13.7. The van der Waals surface area contributed by atoms with Crippen molar-refractivity contribution in [1.29, 1.82) is 0 Å². The number of anilines is 1. The molecule has 0 radical (unpaired) electrons. The number of hydrogen-bond acceptors (Lipinski definition) is 4. The molecular weight excluding hydrogens is 324 g/mol. The van der Waals surface area contributed by atoms with Crippen LogP contribution in [0.1, 0.15) is 34.7 Å². The molecule has 1 N–H and O–H groups in total. The Hall–Kier alpha value is -2.79. The van der Waals surface area contributed by atoms with Gasteiger partial charge in [0.1, 0.15) is 6.33 Å². The molecule has 132 valence electrons. The van der Waals surface area contributed by atoms with Gasteiger partial charge in [-0.05, 0) is 62.7 Å². The summed E-state index contributed by atoms with van der Waals surface area (Å²) < 4.78 is 0. The Bertz CT molecular complexity index is 909. The van der Waals surface area contributed by atoms with Gasteiger partial charge in [-0.2, -0.15) is 0 Å². The van der Waals surface area contributed by atoms with Crippen LogP contribution in [0.15, 0.2) is 55.0 Å². The summed E-state index contributed by atoms with van der Waals surface area (Å²) in [5, 5.41) is 3.88. The van der Waals surface area contributed by atoms with Gasteiger partial charge >= 0.3 is 0 Å². The van der Waals surface area contributed by atoms with E-state index in [1.54, 1.807) is 6.20 Å². The molecule has 0 saturated carbocycles. The summed E-state index contributed by atoms with van der Waals surface area (Å²) >= 11 is 0. The predicted octanol–water partition coefficient (Wildman–Crippen LogP) is 3.69. The van der Waals surface area contributed by atoms with E-state index in [-0.39, 0.29) is 5.91 Å². The van der Waals surface area contributed by atoms with Crippen molar-refractivity contribution in [1.82, 2.24) is 14.9 Å². The van der Waals surface area contributed by atoms with E-state index in [0.717, 1.165) is 24.0 Å². The summed E-state index contributed by atoms with van der Waals surface area (Å²) in [4.78, 5) is 23.3. The SMILES string of the molecule is CN1CCC(c2ccc(C(=O)Nc3cccc4cncnc34)cc2)CC1. The van der Waals surface area contributed by atoms with Gasteiger partial charge in [-0.3, -0.25) is 4.79 Å². The summed E-state index contributed by atoms with van der Waals surface area (Å²) in [5.41, 5.74) is 3.44. The summed E-state index contributed by atoms with van der Waals surface area (Å²) in [6.07, 6.45) is 5.60. The number of carbonyl (C=O) groups excluding carboxylic acids is 1. The number of nitrogens with zero attached hydrogens (tertiary/aromatic N) is 3. The molecule has 0 bridgehead atoms. The fourth-order valence-electron chi connectivity index (χ4n) is 3.56. The lowest BCUT2D eigenvalue weighted by Crippen LogP contribution is -2.29. The van der Waals surface area contributed by atoms with E-state index in [9.17, 15) is 4.79 Å². The van der Waals surface area contributed by atoms with Crippen molar-refractivity contribution in [2.24, 2.45) is 0 Å².